The number of aliphatic hydroxyl groups is 1. The summed E-state index contributed by atoms with van der Waals surface area (Å²) in [5.74, 6) is -1.78. The average molecular weight is 185 g/mol. The fraction of sp³-hybridized carbons (Fsp3) is 0.500. The molecule has 2 unspecified atom stereocenters. The highest BCUT2D eigenvalue weighted by Gasteiger charge is 2.41. The lowest BCUT2D eigenvalue weighted by molar-refractivity contribution is -0.137. The van der Waals surface area contributed by atoms with Crippen LogP contribution in [0.3, 0.4) is 0 Å². The Morgan fingerprint density at radius 3 is 2.62 bits per heavy atom. The van der Waals surface area contributed by atoms with Gasteiger partial charge >= 0.3 is 5.97 Å². The highest BCUT2D eigenvalue weighted by Crippen LogP contribution is 2.23. The van der Waals surface area contributed by atoms with Crippen LogP contribution in [0.4, 0.5) is 0 Å². The molecule has 0 radical (unpaired) electrons. The third-order valence-electron chi connectivity index (χ3n) is 2.13. The number of carboxylic acids is 1. The van der Waals surface area contributed by atoms with E-state index in [0.717, 1.165) is 0 Å². The van der Waals surface area contributed by atoms with Crippen LogP contribution in [0.1, 0.15) is 6.42 Å². The fourth-order valence-electron chi connectivity index (χ4n) is 1.32. The Hall–Kier alpha value is -1.36. The van der Waals surface area contributed by atoms with E-state index in [1.165, 1.54) is 0 Å². The van der Waals surface area contributed by atoms with E-state index in [4.69, 9.17) is 10.2 Å². The van der Waals surface area contributed by atoms with Crippen molar-refractivity contribution in [3.63, 3.8) is 0 Å². The first-order valence-electron chi connectivity index (χ1n) is 3.91. The van der Waals surface area contributed by atoms with E-state index in [9.17, 15) is 9.59 Å². The predicted molar refractivity (Wildman–Crippen MR) is 43.9 cm³/mol. The molecule has 5 heteroatoms. The molecule has 1 rings (SSSR count). The van der Waals surface area contributed by atoms with Gasteiger partial charge in [0.2, 0.25) is 5.91 Å². The topological polar surface area (TPSA) is 86.6 Å². The summed E-state index contributed by atoms with van der Waals surface area (Å²) in [6, 6.07) is -0.517. The number of carboxylic acid groups (broad SMARTS) is 1. The van der Waals surface area contributed by atoms with E-state index in [0.29, 0.717) is 0 Å². The van der Waals surface area contributed by atoms with Gasteiger partial charge in [-0.3, -0.25) is 4.79 Å². The van der Waals surface area contributed by atoms with Gasteiger partial charge in [0.25, 0.3) is 0 Å². The van der Waals surface area contributed by atoms with Gasteiger partial charge in [-0.2, -0.15) is 0 Å². The number of amides is 1. The van der Waals surface area contributed by atoms with Crippen LogP contribution in [0.25, 0.3) is 0 Å². The van der Waals surface area contributed by atoms with E-state index in [2.05, 4.69) is 11.9 Å². The minimum Gasteiger partial charge on any atom is -0.478 e. The number of aliphatic hydroxyl groups excluding tert-OH is 1. The molecule has 13 heavy (non-hydrogen) atoms. The molecule has 0 bridgehead atoms. The maximum atomic E-state index is 10.9. The van der Waals surface area contributed by atoms with Crippen molar-refractivity contribution in [2.75, 3.05) is 6.61 Å². The van der Waals surface area contributed by atoms with E-state index in [1.807, 2.05) is 0 Å². The minimum atomic E-state index is -1.12. The molecule has 0 aromatic rings. The predicted octanol–water partition coefficient (Wildman–Crippen LogP) is -0.876. The van der Waals surface area contributed by atoms with E-state index in [-0.39, 0.29) is 24.5 Å². The maximum absolute atomic E-state index is 10.9. The number of β-lactam (4-membered cyclic amide) rings is 1. The lowest BCUT2D eigenvalue weighted by Gasteiger charge is -2.36. The summed E-state index contributed by atoms with van der Waals surface area (Å²) >= 11 is 0. The zero-order chi connectivity index (χ0) is 10.0. The monoisotopic (exact) mass is 185 g/mol. The number of hydrogen-bond donors (Lipinski definition) is 3. The van der Waals surface area contributed by atoms with Crippen LogP contribution in [-0.4, -0.2) is 34.7 Å². The molecule has 1 saturated heterocycles. The molecule has 3 N–H and O–H groups in total. The third-order valence-corrected chi connectivity index (χ3v) is 2.13. The molecule has 0 saturated carbocycles. The lowest BCUT2D eigenvalue weighted by Crippen LogP contribution is -2.59. The summed E-state index contributed by atoms with van der Waals surface area (Å²) in [4.78, 5) is 21.4. The van der Waals surface area contributed by atoms with Gasteiger partial charge in [-0.1, -0.05) is 6.58 Å². The molecule has 5 nitrogen and oxygen atoms in total. The van der Waals surface area contributed by atoms with E-state index >= 15 is 0 Å². The van der Waals surface area contributed by atoms with Crippen molar-refractivity contribution in [1.29, 1.82) is 0 Å². The van der Waals surface area contributed by atoms with Crippen LogP contribution >= 0.6 is 0 Å². The summed E-state index contributed by atoms with van der Waals surface area (Å²) in [6.45, 7) is 3.22. The second kappa shape index (κ2) is 3.57. The van der Waals surface area contributed by atoms with Crippen molar-refractivity contribution in [3.05, 3.63) is 12.2 Å². The van der Waals surface area contributed by atoms with Gasteiger partial charge in [0.1, 0.15) is 0 Å². The summed E-state index contributed by atoms with van der Waals surface area (Å²) in [5.41, 5.74) is -0.0296. The van der Waals surface area contributed by atoms with Gasteiger partial charge in [0.15, 0.2) is 0 Å². The largest absolute Gasteiger partial charge is 0.478 e. The van der Waals surface area contributed by atoms with Crippen LogP contribution in [0.2, 0.25) is 0 Å². The maximum Gasteiger partial charge on any atom is 0.333 e. The Morgan fingerprint density at radius 2 is 2.23 bits per heavy atom. The highest BCUT2D eigenvalue weighted by atomic mass is 16.4. The van der Waals surface area contributed by atoms with Crippen LogP contribution in [0.15, 0.2) is 12.2 Å². The van der Waals surface area contributed by atoms with Gasteiger partial charge < -0.3 is 15.5 Å². The van der Waals surface area contributed by atoms with Crippen LogP contribution < -0.4 is 5.32 Å². The number of hydrogen-bond acceptors (Lipinski definition) is 3. The molecule has 1 fully saturated rings. The second-order valence-corrected chi connectivity index (χ2v) is 2.94. The zero-order valence-corrected chi connectivity index (χ0v) is 6.99. The second-order valence-electron chi connectivity index (χ2n) is 2.94. The van der Waals surface area contributed by atoms with Crippen molar-refractivity contribution in [1.82, 2.24) is 5.32 Å². The standard InChI is InChI=1S/C8H11NO4/c1-4(8(12)13)6-5(2-3-10)7(11)9-6/h5-6,10H,1-3H2,(H,9,11)(H,12,13). The number of rotatable bonds is 4. The molecule has 0 aliphatic carbocycles. The quantitative estimate of drug-likeness (QED) is 0.392. The molecule has 0 aromatic heterocycles. The Labute approximate surface area is 75.1 Å². The lowest BCUT2D eigenvalue weighted by atomic mass is 9.83. The molecule has 1 heterocycles. The Balaban J connectivity index is 2.58. The molecule has 0 aromatic carbocycles. The number of nitrogens with one attached hydrogen (secondary N) is 1. The normalized spacial score (nSPS) is 26.1. The first-order chi connectivity index (χ1) is 6.07. The van der Waals surface area contributed by atoms with Crippen molar-refractivity contribution < 1.29 is 19.8 Å². The molecule has 2 atom stereocenters. The molecular weight excluding hydrogens is 174 g/mol. The molecule has 1 amide bonds. The first-order valence-corrected chi connectivity index (χ1v) is 3.91. The Morgan fingerprint density at radius 1 is 1.62 bits per heavy atom. The first kappa shape index (κ1) is 9.73. The average Bonchev–Trinajstić information content (AvgIpc) is 2.09. The van der Waals surface area contributed by atoms with Gasteiger partial charge in [0.05, 0.1) is 17.5 Å². The molecule has 1 aliphatic heterocycles. The SMILES string of the molecule is C=C(C(=O)O)C1NC(=O)C1CCO. The summed E-state index contributed by atoms with van der Waals surface area (Å²) in [5, 5.41) is 19.6. The van der Waals surface area contributed by atoms with Gasteiger partial charge in [0, 0.05) is 6.61 Å². The van der Waals surface area contributed by atoms with Gasteiger partial charge in [-0.05, 0) is 6.42 Å². The smallest absolute Gasteiger partial charge is 0.333 e. The Bertz CT molecular complexity index is 261. The van der Waals surface area contributed by atoms with Crippen molar-refractivity contribution >= 4 is 11.9 Å². The molecular formula is C8H11NO4. The van der Waals surface area contributed by atoms with Crippen molar-refractivity contribution in [3.8, 4) is 0 Å². The molecule has 1 aliphatic rings. The summed E-state index contributed by atoms with van der Waals surface area (Å²) < 4.78 is 0. The molecule has 0 spiro atoms. The van der Waals surface area contributed by atoms with Gasteiger partial charge in [-0.15, -0.1) is 0 Å². The number of aliphatic carboxylic acids is 1. The van der Waals surface area contributed by atoms with E-state index in [1.54, 1.807) is 0 Å². The third kappa shape index (κ3) is 1.70. The van der Waals surface area contributed by atoms with Crippen LogP contribution in [0.5, 0.6) is 0 Å². The minimum absolute atomic E-state index is 0.0296. The highest BCUT2D eigenvalue weighted by molar-refractivity contribution is 5.95. The Kier molecular flexibility index (Phi) is 2.67. The summed E-state index contributed by atoms with van der Waals surface area (Å²) in [7, 11) is 0. The van der Waals surface area contributed by atoms with Crippen molar-refractivity contribution in [2.45, 2.75) is 12.5 Å². The van der Waals surface area contributed by atoms with Crippen LogP contribution in [0, 0.1) is 5.92 Å². The molecule has 72 valence electrons. The number of carbonyl (C=O) groups excluding carboxylic acids is 1. The van der Waals surface area contributed by atoms with Gasteiger partial charge in [-0.25, -0.2) is 4.79 Å². The zero-order valence-electron chi connectivity index (χ0n) is 6.99. The number of carbonyl (C=O) groups is 2. The van der Waals surface area contributed by atoms with Crippen LogP contribution in [-0.2, 0) is 9.59 Å². The summed E-state index contributed by atoms with van der Waals surface area (Å²) in [6.07, 6.45) is 0.281. The van der Waals surface area contributed by atoms with Crippen molar-refractivity contribution in [2.24, 2.45) is 5.92 Å². The fourth-order valence-corrected chi connectivity index (χ4v) is 1.32. The van der Waals surface area contributed by atoms with E-state index < -0.39 is 17.9 Å².